The van der Waals surface area contributed by atoms with E-state index in [9.17, 15) is 4.79 Å². The number of hydrogen-bond donors (Lipinski definition) is 0. The molecule has 0 radical (unpaired) electrons. The summed E-state index contributed by atoms with van der Waals surface area (Å²) in [6.07, 6.45) is 0.368. The third-order valence-corrected chi connectivity index (χ3v) is 2.92. The molecule has 0 heterocycles. The van der Waals surface area contributed by atoms with Crippen molar-refractivity contribution in [2.24, 2.45) is 0 Å². The van der Waals surface area contributed by atoms with Crippen molar-refractivity contribution >= 4 is 5.78 Å². The van der Waals surface area contributed by atoms with Crippen LogP contribution in [0, 0.1) is 6.92 Å². The van der Waals surface area contributed by atoms with E-state index in [1.807, 2.05) is 55.5 Å². The van der Waals surface area contributed by atoms with Gasteiger partial charge >= 0.3 is 0 Å². The van der Waals surface area contributed by atoms with E-state index in [4.69, 9.17) is 4.74 Å². The van der Waals surface area contributed by atoms with Crippen molar-refractivity contribution < 1.29 is 9.53 Å². The number of rotatable bonds is 4. The number of carbonyl (C=O) groups is 1. The average molecular weight is 240 g/mol. The molecule has 18 heavy (non-hydrogen) atoms. The van der Waals surface area contributed by atoms with Crippen LogP contribution in [0.3, 0.4) is 0 Å². The molecule has 0 saturated carbocycles. The standard InChI is InChI=1S/C16H16O2/c1-12-7-9-13(10-8-12)15(17)11-14-5-3-4-6-16(14)18-2/h3-10H,11H2,1-2H3. The molecule has 92 valence electrons. The molecular weight excluding hydrogens is 224 g/mol. The minimum absolute atomic E-state index is 0.111. The molecule has 0 fully saturated rings. The fraction of sp³-hybridized carbons (Fsp3) is 0.188. The first-order valence-corrected chi connectivity index (χ1v) is 5.92. The van der Waals surface area contributed by atoms with Gasteiger partial charge in [0.2, 0.25) is 0 Å². The highest BCUT2D eigenvalue weighted by Crippen LogP contribution is 2.19. The summed E-state index contributed by atoms with van der Waals surface area (Å²) in [5.41, 5.74) is 2.82. The van der Waals surface area contributed by atoms with Gasteiger partial charge in [0.05, 0.1) is 7.11 Å². The molecular formula is C16H16O2. The van der Waals surface area contributed by atoms with E-state index >= 15 is 0 Å². The van der Waals surface area contributed by atoms with Crippen LogP contribution in [0.1, 0.15) is 21.5 Å². The van der Waals surface area contributed by atoms with Gasteiger partial charge in [-0.25, -0.2) is 0 Å². The van der Waals surface area contributed by atoms with E-state index in [2.05, 4.69) is 0 Å². The molecule has 2 aromatic carbocycles. The van der Waals surface area contributed by atoms with Crippen LogP contribution in [0.15, 0.2) is 48.5 Å². The highest BCUT2D eigenvalue weighted by atomic mass is 16.5. The Morgan fingerprint density at radius 1 is 1.06 bits per heavy atom. The van der Waals surface area contributed by atoms with Crippen LogP contribution in [-0.2, 0) is 6.42 Å². The molecule has 0 bridgehead atoms. The summed E-state index contributed by atoms with van der Waals surface area (Å²) in [7, 11) is 1.62. The molecule has 2 rings (SSSR count). The highest BCUT2D eigenvalue weighted by molar-refractivity contribution is 5.97. The van der Waals surface area contributed by atoms with Gasteiger partial charge in [0.15, 0.2) is 5.78 Å². The molecule has 0 aliphatic carbocycles. The van der Waals surface area contributed by atoms with Crippen LogP contribution < -0.4 is 4.74 Å². The lowest BCUT2D eigenvalue weighted by Crippen LogP contribution is -2.04. The summed E-state index contributed by atoms with van der Waals surface area (Å²) in [5, 5.41) is 0. The summed E-state index contributed by atoms with van der Waals surface area (Å²) in [6, 6.07) is 15.3. The molecule has 2 nitrogen and oxygen atoms in total. The summed E-state index contributed by atoms with van der Waals surface area (Å²) in [4.78, 5) is 12.1. The molecule has 0 saturated heterocycles. The van der Waals surface area contributed by atoms with E-state index in [-0.39, 0.29) is 5.78 Å². The van der Waals surface area contributed by atoms with Crippen LogP contribution in [0.25, 0.3) is 0 Å². The van der Waals surface area contributed by atoms with Crippen molar-refractivity contribution in [3.8, 4) is 5.75 Å². The van der Waals surface area contributed by atoms with Gasteiger partial charge in [0.1, 0.15) is 5.75 Å². The van der Waals surface area contributed by atoms with Crippen LogP contribution >= 0.6 is 0 Å². The van der Waals surface area contributed by atoms with Crippen LogP contribution in [0.2, 0.25) is 0 Å². The molecule has 0 aliphatic heterocycles. The minimum Gasteiger partial charge on any atom is -0.496 e. The molecule has 0 amide bonds. The zero-order valence-corrected chi connectivity index (χ0v) is 10.6. The largest absolute Gasteiger partial charge is 0.496 e. The monoisotopic (exact) mass is 240 g/mol. The second kappa shape index (κ2) is 5.50. The maximum Gasteiger partial charge on any atom is 0.167 e. The van der Waals surface area contributed by atoms with Crippen molar-refractivity contribution in [1.82, 2.24) is 0 Å². The second-order valence-corrected chi connectivity index (χ2v) is 4.28. The van der Waals surface area contributed by atoms with Crippen LogP contribution in [0.5, 0.6) is 5.75 Å². The number of Topliss-reactive ketones (excluding diaryl/α,β-unsaturated/α-hetero) is 1. The Balaban J connectivity index is 2.18. The second-order valence-electron chi connectivity index (χ2n) is 4.28. The lowest BCUT2D eigenvalue weighted by molar-refractivity contribution is 0.0992. The van der Waals surface area contributed by atoms with Gasteiger partial charge in [0, 0.05) is 17.5 Å². The van der Waals surface area contributed by atoms with E-state index in [1.54, 1.807) is 7.11 Å². The molecule has 2 aromatic rings. The number of ether oxygens (including phenoxy) is 1. The third kappa shape index (κ3) is 2.77. The maximum atomic E-state index is 12.1. The molecule has 0 aromatic heterocycles. The Kier molecular flexibility index (Phi) is 3.78. The number of methoxy groups -OCH3 is 1. The Bertz CT molecular complexity index is 541. The van der Waals surface area contributed by atoms with Gasteiger partial charge in [-0.2, -0.15) is 0 Å². The number of ketones is 1. The average Bonchev–Trinajstić information content (AvgIpc) is 2.40. The van der Waals surface area contributed by atoms with Crippen molar-refractivity contribution in [2.75, 3.05) is 7.11 Å². The number of para-hydroxylation sites is 1. The molecule has 0 N–H and O–H groups in total. The van der Waals surface area contributed by atoms with E-state index in [0.717, 1.165) is 22.4 Å². The smallest absolute Gasteiger partial charge is 0.167 e. The van der Waals surface area contributed by atoms with Crippen molar-refractivity contribution in [3.63, 3.8) is 0 Å². The number of hydrogen-bond acceptors (Lipinski definition) is 2. The Hall–Kier alpha value is -2.09. The van der Waals surface area contributed by atoms with E-state index < -0.39 is 0 Å². The number of aryl methyl sites for hydroxylation is 1. The van der Waals surface area contributed by atoms with Gasteiger partial charge in [0.25, 0.3) is 0 Å². The summed E-state index contributed by atoms with van der Waals surface area (Å²) in [5.74, 6) is 0.873. The lowest BCUT2D eigenvalue weighted by atomic mass is 10.0. The SMILES string of the molecule is COc1ccccc1CC(=O)c1ccc(C)cc1. The Labute approximate surface area is 107 Å². The summed E-state index contributed by atoms with van der Waals surface area (Å²) >= 11 is 0. The van der Waals surface area contributed by atoms with Gasteiger partial charge in [-0.3, -0.25) is 4.79 Å². The highest BCUT2D eigenvalue weighted by Gasteiger charge is 2.10. The molecule has 0 aliphatic rings. The zero-order chi connectivity index (χ0) is 13.0. The predicted octanol–water partition coefficient (Wildman–Crippen LogP) is 3.43. The maximum absolute atomic E-state index is 12.1. The zero-order valence-electron chi connectivity index (χ0n) is 10.6. The molecule has 0 unspecified atom stereocenters. The van der Waals surface area contributed by atoms with E-state index in [1.165, 1.54) is 0 Å². The number of carbonyl (C=O) groups excluding carboxylic acids is 1. The Morgan fingerprint density at radius 2 is 1.72 bits per heavy atom. The lowest BCUT2D eigenvalue weighted by Gasteiger charge is -2.07. The van der Waals surface area contributed by atoms with Crippen molar-refractivity contribution in [3.05, 3.63) is 65.2 Å². The first-order valence-electron chi connectivity index (χ1n) is 5.92. The first kappa shape index (κ1) is 12.4. The van der Waals surface area contributed by atoms with Crippen LogP contribution in [0.4, 0.5) is 0 Å². The van der Waals surface area contributed by atoms with E-state index in [0.29, 0.717) is 6.42 Å². The number of benzene rings is 2. The third-order valence-electron chi connectivity index (χ3n) is 2.92. The van der Waals surface area contributed by atoms with Crippen molar-refractivity contribution in [2.45, 2.75) is 13.3 Å². The summed E-state index contributed by atoms with van der Waals surface area (Å²) in [6.45, 7) is 2.01. The van der Waals surface area contributed by atoms with Crippen molar-refractivity contribution in [1.29, 1.82) is 0 Å². The van der Waals surface area contributed by atoms with Gasteiger partial charge < -0.3 is 4.74 Å². The van der Waals surface area contributed by atoms with Gasteiger partial charge in [-0.05, 0) is 13.0 Å². The first-order chi connectivity index (χ1) is 8.70. The fourth-order valence-corrected chi connectivity index (χ4v) is 1.86. The molecule has 0 atom stereocenters. The molecule has 2 heteroatoms. The Morgan fingerprint density at radius 3 is 2.39 bits per heavy atom. The minimum atomic E-state index is 0.111. The topological polar surface area (TPSA) is 26.3 Å². The summed E-state index contributed by atoms with van der Waals surface area (Å²) < 4.78 is 5.25. The fourth-order valence-electron chi connectivity index (χ4n) is 1.86. The predicted molar refractivity (Wildman–Crippen MR) is 72.2 cm³/mol. The van der Waals surface area contributed by atoms with Gasteiger partial charge in [-0.1, -0.05) is 48.0 Å². The molecule has 0 spiro atoms. The quantitative estimate of drug-likeness (QED) is 0.765. The van der Waals surface area contributed by atoms with Gasteiger partial charge in [-0.15, -0.1) is 0 Å². The van der Waals surface area contributed by atoms with Crippen LogP contribution in [-0.4, -0.2) is 12.9 Å². The normalized spacial score (nSPS) is 10.1.